The SMILES string of the molecule is CC(C)(C)OC(=O)NCCC(=O)c1cccc(N(Cc2ccccc2)C(=O)O)c1. The summed E-state index contributed by atoms with van der Waals surface area (Å²) < 4.78 is 5.13. The maximum absolute atomic E-state index is 12.5. The third-order valence-electron chi connectivity index (χ3n) is 3.91. The fourth-order valence-electron chi connectivity index (χ4n) is 2.62. The summed E-state index contributed by atoms with van der Waals surface area (Å²) in [6, 6.07) is 15.7. The van der Waals surface area contributed by atoms with E-state index in [1.807, 2.05) is 30.3 Å². The average molecular weight is 398 g/mol. The van der Waals surface area contributed by atoms with Gasteiger partial charge in [0.15, 0.2) is 5.78 Å². The van der Waals surface area contributed by atoms with Gasteiger partial charge in [-0.05, 0) is 38.5 Å². The zero-order chi connectivity index (χ0) is 21.4. The molecule has 2 amide bonds. The Morgan fingerprint density at radius 3 is 2.34 bits per heavy atom. The molecule has 0 unspecified atom stereocenters. The van der Waals surface area contributed by atoms with Crippen molar-refractivity contribution in [3.05, 3.63) is 65.7 Å². The number of ether oxygens (including phenoxy) is 1. The lowest BCUT2D eigenvalue weighted by atomic mass is 10.1. The molecule has 2 aromatic rings. The predicted molar refractivity (Wildman–Crippen MR) is 110 cm³/mol. The van der Waals surface area contributed by atoms with Crippen molar-refractivity contribution in [3.8, 4) is 0 Å². The number of nitrogens with zero attached hydrogens (tertiary/aromatic N) is 1. The van der Waals surface area contributed by atoms with Crippen molar-refractivity contribution < 1.29 is 24.2 Å². The van der Waals surface area contributed by atoms with Gasteiger partial charge in [0.05, 0.1) is 6.54 Å². The highest BCUT2D eigenvalue weighted by atomic mass is 16.6. The molecule has 154 valence electrons. The number of amides is 2. The van der Waals surface area contributed by atoms with Gasteiger partial charge in [0.1, 0.15) is 5.60 Å². The Morgan fingerprint density at radius 2 is 1.72 bits per heavy atom. The standard InChI is InChI=1S/C22H26N2O5/c1-22(2,3)29-20(26)23-13-12-19(25)17-10-7-11-18(14-17)24(21(27)28)15-16-8-5-4-6-9-16/h4-11,14H,12-13,15H2,1-3H3,(H,23,26)(H,27,28). The molecule has 2 N–H and O–H groups in total. The summed E-state index contributed by atoms with van der Waals surface area (Å²) in [6.45, 7) is 5.57. The fourth-order valence-corrected chi connectivity index (χ4v) is 2.62. The van der Waals surface area contributed by atoms with Gasteiger partial charge in [0.2, 0.25) is 0 Å². The number of nitrogens with one attached hydrogen (secondary N) is 1. The number of anilines is 1. The van der Waals surface area contributed by atoms with Gasteiger partial charge >= 0.3 is 12.2 Å². The van der Waals surface area contributed by atoms with Gasteiger partial charge in [-0.15, -0.1) is 0 Å². The number of Topliss-reactive ketones (excluding diaryl/α,β-unsaturated/α-hetero) is 1. The fraction of sp³-hybridized carbons (Fsp3) is 0.318. The Labute approximate surface area is 170 Å². The van der Waals surface area contributed by atoms with E-state index < -0.39 is 17.8 Å². The van der Waals surface area contributed by atoms with E-state index in [0.29, 0.717) is 11.3 Å². The number of alkyl carbamates (subject to hydrolysis) is 1. The van der Waals surface area contributed by atoms with Crippen LogP contribution in [0.1, 0.15) is 43.1 Å². The molecule has 7 nitrogen and oxygen atoms in total. The minimum absolute atomic E-state index is 0.0778. The summed E-state index contributed by atoms with van der Waals surface area (Å²) in [5.74, 6) is -0.201. The highest BCUT2D eigenvalue weighted by Crippen LogP contribution is 2.20. The first-order chi connectivity index (χ1) is 13.7. The van der Waals surface area contributed by atoms with E-state index in [2.05, 4.69) is 5.32 Å². The summed E-state index contributed by atoms with van der Waals surface area (Å²) in [6.07, 6.45) is -1.61. The molecule has 0 aliphatic heterocycles. The highest BCUT2D eigenvalue weighted by Gasteiger charge is 2.18. The largest absolute Gasteiger partial charge is 0.465 e. The lowest BCUT2D eigenvalue weighted by molar-refractivity contribution is 0.0527. The third kappa shape index (κ3) is 7.29. The number of hydrogen-bond acceptors (Lipinski definition) is 4. The molecule has 0 aromatic heterocycles. The smallest absolute Gasteiger partial charge is 0.412 e. The maximum atomic E-state index is 12.5. The van der Waals surface area contributed by atoms with Gasteiger partial charge in [0.25, 0.3) is 0 Å². The summed E-state index contributed by atoms with van der Waals surface area (Å²) in [5.41, 5.74) is 1.02. The first-order valence-corrected chi connectivity index (χ1v) is 9.30. The summed E-state index contributed by atoms with van der Waals surface area (Å²) in [7, 11) is 0. The third-order valence-corrected chi connectivity index (χ3v) is 3.91. The number of ketones is 1. The molecule has 29 heavy (non-hydrogen) atoms. The van der Waals surface area contributed by atoms with E-state index >= 15 is 0 Å². The van der Waals surface area contributed by atoms with Gasteiger partial charge in [-0.1, -0.05) is 42.5 Å². The van der Waals surface area contributed by atoms with Crippen molar-refractivity contribution in [2.75, 3.05) is 11.4 Å². The van der Waals surface area contributed by atoms with Crippen molar-refractivity contribution in [2.45, 2.75) is 39.3 Å². The van der Waals surface area contributed by atoms with Crippen LogP contribution in [-0.4, -0.2) is 35.2 Å². The number of carbonyl (C=O) groups is 3. The van der Waals surface area contributed by atoms with Crippen molar-refractivity contribution in [1.82, 2.24) is 5.32 Å². The second-order valence-electron chi connectivity index (χ2n) is 7.51. The second-order valence-corrected chi connectivity index (χ2v) is 7.51. The summed E-state index contributed by atoms with van der Waals surface area (Å²) in [4.78, 5) is 37.0. The summed E-state index contributed by atoms with van der Waals surface area (Å²) >= 11 is 0. The molecule has 0 radical (unpaired) electrons. The monoisotopic (exact) mass is 398 g/mol. The number of rotatable bonds is 7. The van der Waals surface area contributed by atoms with Crippen LogP contribution in [0, 0.1) is 0 Å². The molecular weight excluding hydrogens is 372 g/mol. The van der Waals surface area contributed by atoms with Crippen LogP contribution in [0.5, 0.6) is 0 Å². The first kappa shape index (κ1) is 21.9. The molecule has 0 aliphatic rings. The van der Waals surface area contributed by atoms with Crippen LogP contribution in [0.2, 0.25) is 0 Å². The molecular formula is C22H26N2O5. The molecule has 7 heteroatoms. The zero-order valence-corrected chi connectivity index (χ0v) is 16.8. The Bertz CT molecular complexity index is 859. The Hall–Kier alpha value is -3.35. The van der Waals surface area contributed by atoms with Gasteiger partial charge in [-0.3, -0.25) is 9.69 Å². The number of hydrogen-bond donors (Lipinski definition) is 2. The Morgan fingerprint density at radius 1 is 1.03 bits per heavy atom. The maximum Gasteiger partial charge on any atom is 0.412 e. The van der Waals surface area contributed by atoms with Crippen molar-refractivity contribution in [1.29, 1.82) is 0 Å². The molecule has 0 spiro atoms. The van der Waals surface area contributed by atoms with Crippen molar-refractivity contribution >= 4 is 23.7 Å². The minimum atomic E-state index is -1.11. The van der Waals surface area contributed by atoms with Crippen LogP contribution in [-0.2, 0) is 11.3 Å². The lowest BCUT2D eigenvalue weighted by Gasteiger charge is -2.20. The quantitative estimate of drug-likeness (QED) is 0.671. The number of benzene rings is 2. The summed E-state index contributed by atoms with van der Waals surface area (Å²) in [5, 5.41) is 12.1. The first-order valence-electron chi connectivity index (χ1n) is 9.30. The molecule has 0 bridgehead atoms. The average Bonchev–Trinajstić information content (AvgIpc) is 2.65. The molecule has 0 atom stereocenters. The molecule has 2 aromatic carbocycles. The minimum Gasteiger partial charge on any atom is -0.465 e. The van der Waals surface area contributed by atoms with E-state index in [1.54, 1.807) is 45.0 Å². The van der Waals surface area contributed by atoms with Gasteiger partial charge in [0, 0.05) is 24.2 Å². The molecule has 0 heterocycles. The molecule has 2 rings (SSSR count). The topological polar surface area (TPSA) is 95.9 Å². The van der Waals surface area contributed by atoms with E-state index in [4.69, 9.17) is 4.74 Å². The van der Waals surface area contributed by atoms with Crippen molar-refractivity contribution in [3.63, 3.8) is 0 Å². The number of carbonyl (C=O) groups excluding carboxylic acids is 2. The Kier molecular flexibility index (Phi) is 7.36. The molecule has 0 saturated heterocycles. The van der Waals surface area contributed by atoms with Crippen LogP contribution >= 0.6 is 0 Å². The van der Waals surface area contributed by atoms with Crippen LogP contribution in [0.4, 0.5) is 15.3 Å². The lowest BCUT2D eigenvalue weighted by Crippen LogP contribution is -2.33. The van der Waals surface area contributed by atoms with Gasteiger partial charge in [-0.25, -0.2) is 9.59 Å². The van der Waals surface area contributed by atoms with Gasteiger partial charge in [-0.2, -0.15) is 0 Å². The van der Waals surface area contributed by atoms with Gasteiger partial charge < -0.3 is 15.2 Å². The van der Waals surface area contributed by atoms with Crippen LogP contribution in [0.25, 0.3) is 0 Å². The zero-order valence-electron chi connectivity index (χ0n) is 16.8. The van der Waals surface area contributed by atoms with E-state index in [9.17, 15) is 19.5 Å². The normalized spacial score (nSPS) is 10.9. The van der Waals surface area contributed by atoms with Crippen LogP contribution in [0.3, 0.4) is 0 Å². The molecule has 0 fully saturated rings. The predicted octanol–water partition coefficient (Wildman–Crippen LogP) is 4.47. The van der Waals surface area contributed by atoms with E-state index in [1.165, 1.54) is 4.90 Å². The number of carboxylic acid groups (broad SMARTS) is 1. The van der Waals surface area contributed by atoms with E-state index in [0.717, 1.165) is 5.56 Å². The Balaban J connectivity index is 2.02. The van der Waals surface area contributed by atoms with Crippen LogP contribution in [0.15, 0.2) is 54.6 Å². The molecule has 0 saturated carbocycles. The highest BCUT2D eigenvalue weighted by molar-refractivity contribution is 5.98. The van der Waals surface area contributed by atoms with Crippen LogP contribution < -0.4 is 10.2 Å². The molecule has 0 aliphatic carbocycles. The second kappa shape index (κ2) is 9.73. The van der Waals surface area contributed by atoms with Crippen molar-refractivity contribution in [2.24, 2.45) is 0 Å². The van der Waals surface area contributed by atoms with E-state index in [-0.39, 0.29) is 25.3 Å².